The summed E-state index contributed by atoms with van der Waals surface area (Å²) in [6.07, 6.45) is 8.97. The highest BCUT2D eigenvalue weighted by Crippen LogP contribution is 2.33. The summed E-state index contributed by atoms with van der Waals surface area (Å²) in [5, 5.41) is 14.5. The van der Waals surface area contributed by atoms with Crippen LogP contribution >= 0.6 is 11.3 Å². The van der Waals surface area contributed by atoms with Gasteiger partial charge in [-0.3, -0.25) is 10.1 Å². The monoisotopic (exact) mass is 337 g/mol. The first-order chi connectivity index (χ1) is 11.1. The van der Waals surface area contributed by atoms with Crippen LogP contribution in [0.3, 0.4) is 0 Å². The molecule has 1 aromatic heterocycles. The van der Waals surface area contributed by atoms with Crippen molar-refractivity contribution < 1.29 is 14.7 Å². The summed E-state index contributed by atoms with van der Waals surface area (Å²) in [6, 6.07) is 0.348. The second-order valence-electron chi connectivity index (χ2n) is 6.46. The van der Waals surface area contributed by atoms with Crippen molar-refractivity contribution in [2.24, 2.45) is 5.92 Å². The Morgan fingerprint density at radius 2 is 1.78 bits per heavy atom. The van der Waals surface area contributed by atoms with E-state index in [9.17, 15) is 9.59 Å². The maximum Gasteiger partial charge on any atom is 0.324 e. The van der Waals surface area contributed by atoms with E-state index in [4.69, 9.17) is 5.11 Å². The fraction of sp³-hybridized carbons (Fsp3) is 0.688. The van der Waals surface area contributed by atoms with Gasteiger partial charge in [-0.15, -0.1) is 11.3 Å². The van der Waals surface area contributed by atoms with Crippen LogP contribution in [0.4, 0.5) is 9.93 Å². The molecule has 0 unspecified atom stereocenters. The number of urea groups is 1. The minimum atomic E-state index is -0.705. The van der Waals surface area contributed by atoms with Gasteiger partial charge in [0.05, 0.1) is 5.92 Å². The second-order valence-corrected chi connectivity index (χ2v) is 7.35. The summed E-state index contributed by atoms with van der Waals surface area (Å²) in [5.74, 6) is -0.957. The average Bonchev–Trinajstić information content (AvgIpc) is 3.22. The molecule has 1 heterocycles. The molecule has 0 atom stereocenters. The first kappa shape index (κ1) is 16.2. The molecule has 6 nitrogen and oxygen atoms in total. The molecule has 23 heavy (non-hydrogen) atoms. The Morgan fingerprint density at radius 1 is 1.13 bits per heavy atom. The first-order valence-corrected chi connectivity index (χ1v) is 9.24. The molecule has 1 aromatic rings. The summed E-state index contributed by atoms with van der Waals surface area (Å²) in [6.45, 7) is 0. The number of aromatic nitrogens is 1. The molecular formula is C16H23N3O3S. The third-order valence-corrected chi connectivity index (χ3v) is 5.73. The van der Waals surface area contributed by atoms with Gasteiger partial charge in [0.1, 0.15) is 0 Å². The fourth-order valence-electron chi connectivity index (χ4n) is 3.85. The van der Waals surface area contributed by atoms with Gasteiger partial charge in [0.25, 0.3) is 0 Å². The van der Waals surface area contributed by atoms with Gasteiger partial charge in [-0.05, 0) is 38.5 Å². The lowest BCUT2D eigenvalue weighted by atomic mass is 9.85. The molecule has 7 heteroatoms. The molecule has 2 saturated carbocycles. The highest BCUT2D eigenvalue weighted by atomic mass is 32.1. The predicted molar refractivity (Wildman–Crippen MR) is 88.6 cm³/mol. The van der Waals surface area contributed by atoms with Gasteiger partial charge in [-0.1, -0.05) is 12.8 Å². The molecule has 2 aliphatic carbocycles. The molecule has 0 radical (unpaired) electrons. The number of anilines is 1. The van der Waals surface area contributed by atoms with Crippen LogP contribution in [0.5, 0.6) is 0 Å². The topological polar surface area (TPSA) is 82.5 Å². The highest BCUT2D eigenvalue weighted by Gasteiger charge is 2.36. The molecule has 126 valence electrons. The minimum absolute atomic E-state index is 0.0781. The summed E-state index contributed by atoms with van der Waals surface area (Å²) < 4.78 is 0. The SMILES string of the molecule is O=C(O)C1CCC(N(C(=O)Nc2nccs2)C2CCCC2)CC1. The molecule has 2 N–H and O–H groups in total. The maximum absolute atomic E-state index is 12.8. The van der Waals surface area contributed by atoms with Crippen molar-refractivity contribution >= 4 is 28.5 Å². The number of rotatable bonds is 4. The Labute approximate surface area is 139 Å². The Hall–Kier alpha value is -1.63. The van der Waals surface area contributed by atoms with Crippen LogP contribution in [-0.2, 0) is 4.79 Å². The quantitative estimate of drug-likeness (QED) is 0.880. The van der Waals surface area contributed by atoms with Gasteiger partial charge in [0, 0.05) is 23.7 Å². The number of carboxylic acid groups (broad SMARTS) is 1. The molecule has 0 bridgehead atoms. The molecule has 3 rings (SSSR count). The van der Waals surface area contributed by atoms with E-state index in [-0.39, 0.29) is 24.0 Å². The standard InChI is InChI=1S/C16H23N3O3S/c20-14(21)11-5-7-13(8-6-11)19(12-3-1-2-4-12)16(22)18-15-17-9-10-23-15/h9-13H,1-8H2,(H,20,21)(H,17,18,22). The molecule has 0 spiro atoms. The Morgan fingerprint density at radius 3 is 2.35 bits per heavy atom. The molecule has 0 aromatic carbocycles. The Balaban J connectivity index is 1.68. The van der Waals surface area contributed by atoms with Gasteiger partial charge in [-0.2, -0.15) is 0 Å². The maximum atomic E-state index is 12.8. The first-order valence-electron chi connectivity index (χ1n) is 8.36. The van der Waals surface area contributed by atoms with Crippen molar-refractivity contribution in [3.05, 3.63) is 11.6 Å². The van der Waals surface area contributed by atoms with Crippen LogP contribution in [0, 0.1) is 5.92 Å². The van der Waals surface area contributed by atoms with Crippen molar-refractivity contribution in [3.8, 4) is 0 Å². The number of amides is 2. The smallest absolute Gasteiger partial charge is 0.324 e. The van der Waals surface area contributed by atoms with Gasteiger partial charge in [-0.25, -0.2) is 9.78 Å². The molecule has 0 aliphatic heterocycles. The number of thiazole rings is 1. The molecule has 0 saturated heterocycles. The van der Waals surface area contributed by atoms with E-state index in [0.29, 0.717) is 18.0 Å². The van der Waals surface area contributed by atoms with Crippen molar-refractivity contribution in [3.63, 3.8) is 0 Å². The fourth-order valence-corrected chi connectivity index (χ4v) is 4.37. The molecule has 2 amide bonds. The van der Waals surface area contributed by atoms with Crippen molar-refractivity contribution in [1.29, 1.82) is 0 Å². The lowest BCUT2D eigenvalue weighted by Crippen LogP contribution is -2.49. The summed E-state index contributed by atoms with van der Waals surface area (Å²) in [5.41, 5.74) is 0. The molecular weight excluding hydrogens is 314 g/mol. The van der Waals surface area contributed by atoms with Crippen molar-refractivity contribution in [2.75, 3.05) is 5.32 Å². The number of nitrogens with zero attached hydrogens (tertiary/aromatic N) is 2. The predicted octanol–water partition coefficient (Wildman–Crippen LogP) is 3.56. The van der Waals surface area contributed by atoms with Gasteiger partial charge in [0.15, 0.2) is 5.13 Å². The van der Waals surface area contributed by atoms with Crippen LogP contribution in [0.1, 0.15) is 51.4 Å². The zero-order valence-electron chi connectivity index (χ0n) is 13.1. The minimum Gasteiger partial charge on any atom is -0.481 e. The summed E-state index contributed by atoms with van der Waals surface area (Å²) in [4.78, 5) is 30.0. The molecule has 2 fully saturated rings. The van der Waals surface area contributed by atoms with E-state index in [2.05, 4.69) is 10.3 Å². The van der Waals surface area contributed by atoms with E-state index in [0.717, 1.165) is 38.5 Å². The van der Waals surface area contributed by atoms with Gasteiger partial charge < -0.3 is 10.0 Å². The number of hydrogen-bond acceptors (Lipinski definition) is 4. The number of nitrogens with one attached hydrogen (secondary N) is 1. The van der Waals surface area contributed by atoms with Gasteiger partial charge >= 0.3 is 12.0 Å². The van der Waals surface area contributed by atoms with E-state index >= 15 is 0 Å². The number of carbonyl (C=O) groups is 2. The summed E-state index contributed by atoms with van der Waals surface area (Å²) >= 11 is 1.41. The number of carbonyl (C=O) groups excluding carboxylic acids is 1. The zero-order chi connectivity index (χ0) is 16.2. The Kier molecular flexibility index (Phi) is 5.15. The van der Waals surface area contributed by atoms with E-state index in [1.54, 1.807) is 6.20 Å². The normalized spacial score (nSPS) is 25.2. The lowest BCUT2D eigenvalue weighted by Gasteiger charge is -2.39. The van der Waals surface area contributed by atoms with E-state index < -0.39 is 5.97 Å². The van der Waals surface area contributed by atoms with Crippen LogP contribution < -0.4 is 5.32 Å². The van der Waals surface area contributed by atoms with Crippen LogP contribution in [0.15, 0.2) is 11.6 Å². The van der Waals surface area contributed by atoms with Gasteiger partial charge in [0.2, 0.25) is 0 Å². The average molecular weight is 337 g/mol. The zero-order valence-corrected chi connectivity index (χ0v) is 13.9. The molecule has 2 aliphatic rings. The number of hydrogen-bond donors (Lipinski definition) is 2. The lowest BCUT2D eigenvalue weighted by molar-refractivity contribution is -0.143. The van der Waals surface area contributed by atoms with Crippen LogP contribution in [-0.4, -0.2) is 39.1 Å². The van der Waals surface area contributed by atoms with Crippen molar-refractivity contribution in [2.45, 2.75) is 63.5 Å². The van der Waals surface area contributed by atoms with Crippen LogP contribution in [0.25, 0.3) is 0 Å². The highest BCUT2D eigenvalue weighted by molar-refractivity contribution is 7.13. The van der Waals surface area contributed by atoms with Crippen LogP contribution in [0.2, 0.25) is 0 Å². The number of carboxylic acids is 1. The largest absolute Gasteiger partial charge is 0.481 e. The second kappa shape index (κ2) is 7.29. The Bertz CT molecular complexity index is 535. The number of aliphatic carboxylic acids is 1. The van der Waals surface area contributed by atoms with Crippen molar-refractivity contribution in [1.82, 2.24) is 9.88 Å². The third kappa shape index (κ3) is 3.83. The van der Waals surface area contributed by atoms with E-state index in [1.807, 2.05) is 10.3 Å². The third-order valence-electron chi connectivity index (χ3n) is 5.04. The van der Waals surface area contributed by atoms with E-state index in [1.165, 1.54) is 11.3 Å². The summed E-state index contributed by atoms with van der Waals surface area (Å²) in [7, 11) is 0.